The Bertz CT molecular complexity index is 672. The van der Waals surface area contributed by atoms with Crippen molar-refractivity contribution in [2.45, 2.75) is 51.3 Å². The van der Waals surface area contributed by atoms with Crippen LogP contribution < -0.4 is 14.8 Å². The minimum absolute atomic E-state index is 0.154. The zero-order chi connectivity index (χ0) is 20.9. The quantitative estimate of drug-likeness (QED) is 0.399. The minimum Gasteiger partial charge on any atom is -0.598 e. The number of benzene rings is 1. The molecular weight excluding hydrogens is 415 g/mol. The van der Waals surface area contributed by atoms with Gasteiger partial charge in [0.05, 0.1) is 16.1 Å². The summed E-state index contributed by atoms with van der Waals surface area (Å²) in [6.07, 6.45) is 3.48. The van der Waals surface area contributed by atoms with E-state index in [9.17, 15) is 4.55 Å². The molecule has 1 unspecified atom stereocenters. The first kappa shape index (κ1) is 23.8. The van der Waals surface area contributed by atoms with E-state index in [0.29, 0.717) is 34.2 Å². The molecule has 4 atom stereocenters. The smallest absolute Gasteiger partial charge is 0.139 e. The summed E-state index contributed by atoms with van der Waals surface area (Å²) < 4.78 is 22.2. The van der Waals surface area contributed by atoms with Gasteiger partial charge in [-0.25, -0.2) is 0 Å². The van der Waals surface area contributed by atoms with E-state index in [1.165, 1.54) is 0 Å². The van der Waals surface area contributed by atoms with Crippen molar-refractivity contribution in [1.29, 1.82) is 0 Å². The van der Waals surface area contributed by atoms with Gasteiger partial charge in [-0.15, -0.1) is 4.72 Å². The van der Waals surface area contributed by atoms with Gasteiger partial charge in [0.15, 0.2) is 0 Å². The van der Waals surface area contributed by atoms with Crippen LogP contribution >= 0.6 is 23.2 Å². The van der Waals surface area contributed by atoms with Crippen molar-refractivity contribution < 1.29 is 9.29 Å². The lowest BCUT2D eigenvalue weighted by Crippen LogP contribution is -2.48. The van der Waals surface area contributed by atoms with E-state index < -0.39 is 11.4 Å². The van der Waals surface area contributed by atoms with Crippen LogP contribution in [-0.2, 0) is 11.4 Å². The maximum Gasteiger partial charge on any atom is 0.139 e. The Labute approximate surface area is 182 Å². The molecule has 7 heteroatoms. The zero-order valence-corrected chi connectivity index (χ0v) is 19.5. The van der Waals surface area contributed by atoms with Crippen molar-refractivity contribution in [2.24, 2.45) is 11.8 Å². The molecule has 1 saturated heterocycles. The second-order valence-electron chi connectivity index (χ2n) is 8.02. The largest absolute Gasteiger partial charge is 0.598 e. The molecule has 1 aliphatic rings. The van der Waals surface area contributed by atoms with Crippen LogP contribution in [0.25, 0.3) is 0 Å². The Morgan fingerprint density at radius 1 is 1.43 bits per heavy atom. The summed E-state index contributed by atoms with van der Waals surface area (Å²) in [7, 11) is 0. The highest BCUT2D eigenvalue weighted by atomic mass is 35.5. The lowest BCUT2D eigenvalue weighted by Gasteiger charge is -2.38. The Kier molecular flexibility index (Phi) is 8.99. The molecule has 158 valence electrons. The number of nitrogens with one attached hydrogen (secondary N) is 2. The molecule has 1 aromatic carbocycles. The summed E-state index contributed by atoms with van der Waals surface area (Å²) in [6, 6.07) is 3.44. The van der Waals surface area contributed by atoms with Gasteiger partial charge in [-0.05, 0) is 57.7 Å². The Morgan fingerprint density at radius 2 is 2.11 bits per heavy atom. The van der Waals surface area contributed by atoms with E-state index in [4.69, 9.17) is 27.9 Å². The standard InChI is InChI=1S/C21H32Cl2N2O2S/c1-6-10-27-19-12-18(23)17(22)11-16(19)20(15-8-9-24-13-14(15)3)25-28(26)21(4,5)7-2/h6,11-12,14-15,20,24-25H,1,7-10,13H2,2-5H3/t14-,15+,20-,28?/m1/s1. The zero-order valence-electron chi connectivity index (χ0n) is 17.2. The molecule has 4 nitrogen and oxygen atoms in total. The van der Waals surface area contributed by atoms with Crippen LogP contribution in [0, 0.1) is 11.8 Å². The van der Waals surface area contributed by atoms with Crippen molar-refractivity contribution in [3.8, 4) is 5.75 Å². The van der Waals surface area contributed by atoms with Crippen LogP contribution in [0.3, 0.4) is 0 Å². The molecule has 28 heavy (non-hydrogen) atoms. The number of hydrogen-bond donors (Lipinski definition) is 2. The maximum absolute atomic E-state index is 13.2. The average Bonchev–Trinajstić information content (AvgIpc) is 2.67. The first-order chi connectivity index (χ1) is 13.2. The van der Waals surface area contributed by atoms with Gasteiger partial charge in [0.1, 0.15) is 17.1 Å². The number of ether oxygens (including phenoxy) is 1. The highest BCUT2D eigenvalue weighted by molar-refractivity contribution is 7.90. The molecule has 2 rings (SSSR count). The third kappa shape index (κ3) is 5.80. The summed E-state index contributed by atoms with van der Waals surface area (Å²) >= 11 is 11.4. The normalized spacial score (nSPS) is 22.5. The highest BCUT2D eigenvalue weighted by Gasteiger charge is 2.39. The maximum atomic E-state index is 13.2. The van der Waals surface area contributed by atoms with E-state index in [2.05, 4.69) is 30.5 Å². The van der Waals surface area contributed by atoms with Crippen LogP contribution in [0.4, 0.5) is 0 Å². The molecule has 0 aliphatic carbocycles. The molecule has 1 heterocycles. The third-order valence-corrected chi connectivity index (χ3v) is 8.09. The summed E-state index contributed by atoms with van der Waals surface area (Å²) in [6.45, 7) is 14.3. The first-order valence-electron chi connectivity index (χ1n) is 9.82. The van der Waals surface area contributed by atoms with E-state index in [1.807, 2.05) is 19.9 Å². The fourth-order valence-corrected chi connectivity index (χ4v) is 4.82. The van der Waals surface area contributed by atoms with Crippen molar-refractivity contribution in [3.63, 3.8) is 0 Å². The highest BCUT2D eigenvalue weighted by Crippen LogP contribution is 2.41. The molecule has 1 aliphatic heterocycles. The van der Waals surface area contributed by atoms with Crippen molar-refractivity contribution >= 4 is 34.6 Å². The number of hydrogen-bond acceptors (Lipinski definition) is 4. The molecule has 0 spiro atoms. The number of rotatable bonds is 9. The molecule has 1 fully saturated rings. The van der Waals surface area contributed by atoms with E-state index in [1.54, 1.807) is 12.1 Å². The van der Waals surface area contributed by atoms with E-state index >= 15 is 0 Å². The van der Waals surface area contributed by atoms with E-state index in [0.717, 1.165) is 31.5 Å². The van der Waals surface area contributed by atoms with Crippen LogP contribution in [0.15, 0.2) is 24.8 Å². The molecule has 0 saturated carbocycles. The third-order valence-electron chi connectivity index (χ3n) is 5.61. The molecule has 0 amide bonds. The summed E-state index contributed by atoms with van der Waals surface area (Å²) in [5.41, 5.74) is 0.898. The van der Waals surface area contributed by atoms with Gasteiger partial charge in [-0.2, -0.15) is 0 Å². The fraction of sp³-hybridized carbons (Fsp3) is 0.619. The second-order valence-corrected chi connectivity index (χ2v) is 10.7. The molecule has 0 bridgehead atoms. The summed E-state index contributed by atoms with van der Waals surface area (Å²) in [5.74, 6) is 1.36. The van der Waals surface area contributed by atoms with Crippen LogP contribution in [0.2, 0.25) is 10.0 Å². The Morgan fingerprint density at radius 3 is 2.71 bits per heavy atom. The monoisotopic (exact) mass is 446 g/mol. The fourth-order valence-electron chi connectivity index (χ4n) is 3.38. The second kappa shape index (κ2) is 10.6. The van der Waals surface area contributed by atoms with Crippen LogP contribution in [-0.4, -0.2) is 29.0 Å². The van der Waals surface area contributed by atoms with Crippen molar-refractivity contribution in [1.82, 2.24) is 10.0 Å². The van der Waals surface area contributed by atoms with Gasteiger partial charge in [0.25, 0.3) is 0 Å². The number of piperidine rings is 1. The summed E-state index contributed by atoms with van der Waals surface area (Å²) in [4.78, 5) is 0. The molecular formula is C21H32Cl2N2O2S. The lowest BCUT2D eigenvalue weighted by molar-refractivity contribution is 0.219. The Hall–Kier alpha value is -0.430. The molecule has 2 N–H and O–H groups in total. The average molecular weight is 447 g/mol. The van der Waals surface area contributed by atoms with Crippen molar-refractivity contribution in [2.75, 3.05) is 19.7 Å². The Balaban J connectivity index is 2.48. The van der Waals surface area contributed by atoms with Gasteiger partial charge < -0.3 is 14.6 Å². The van der Waals surface area contributed by atoms with Gasteiger partial charge in [0.2, 0.25) is 0 Å². The number of halogens is 2. The van der Waals surface area contributed by atoms with Gasteiger partial charge in [0, 0.05) is 23.0 Å². The SMILES string of the molecule is C=CCOc1cc(Cl)c(Cl)cc1[C@H](N[S+]([O-])C(C)(C)CC)[C@H]1CCNC[C@H]1C. The first-order valence-corrected chi connectivity index (χ1v) is 11.7. The minimum atomic E-state index is -1.23. The van der Waals surface area contributed by atoms with E-state index in [-0.39, 0.29) is 10.8 Å². The molecule has 0 radical (unpaired) electrons. The van der Waals surface area contributed by atoms with Crippen LogP contribution in [0.1, 0.15) is 52.1 Å². The van der Waals surface area contributed by atoms with Crippen molar-refractivity contribution in [3.05, 3.63) is 40.4 Å². The predicted molar refractivity (Wildman–Crippen MR) is 121 cm³/mol. The predicted octanol–water partition coefficient (Wildman–Crippen LogP) is 5.29. The summed E-state index contributed by atoms with van der Waals surface area (Å²) in [5, 5.41) is 4.35. The lowest BCUT2D eigenvalue weighted by atomic mass is 9.79. The molecule has 0 aromatic heterocycles. The van der Waals surface area contributed by atoms with Gasteiger partial charge in [-0.1, -0.05) is 49.7 Å². The van der Waals surface area contributed by atoms with Crippen LogP contribution in [0.5, 0.6) is 5.75 Å². The topological polar surface area (TPSA) is 56.3 Å². The van der Waals surface area contributed by atoms with Gasteiger partial charge in [-0.3, -0.25) is 0 Å². The van der Waals surface area contributed by atoms with Gasteiger partial charge >= 0.3 is 0 Å². The molecule has 1 aromatic rings.